The number of amides is 1. The number of hydrogen-bond acceptors (Lipinski definition) is 7. The van der Waals surface area contributed by atoms with Crippen molar-refractivity contribution >= 4 is 22.9 Å². The molecule has 4 atom stereocenters. The van der Waals surface area contributed by atoms with Crippen LogP contribution in [0.1, 0.15) is 13.2 Å². The third-order valence-electron chi connectivity index (χ3n) is 3.40. The van der Waals surface area contributed by atoms with Crippen LogP contribution in [0.3, 0.4) is 0 Å². The Hall–Kier alpha value is -2.17. The lowest BCUT2D eigenvalue weighted by molar-refractivity contribution is -0.114. The lowest BCUT2D eigenvalue weighted by Crippen LogP contribution is -2.30. The van der Waals surface area contributed by atoms with Gasteiger partial charge in [0.05, 0.1) is 12.9 Å². The van der Waals surface area contributed by atoms with Crippen molar-refractivity contribution in [3.63, 3.8) is 0 Å². The normalized spacial score (nSPS) is 28.2. The number of carbonyl (C=O) groups is 1. The van der Waals surface area contributed by atoms with Gasteiger partial charge in [0.2, 0.25) is 5.91 Å². The average Bonchev–Trinajstić information content (AvgIpc) is 3.02. The minimum atomic E-state index is -1.74. The van der Waals surface area contributed by atoms with Crippen LogP contribution in [-0.4, -0.2) is 60.6 Å². The molecule has 22 heavy (non-hydrogen) atoms. The summed E-state index contributed by atoms with van der Waals surface area (Å²) in [7, 11) is 0. The third-order valence-corrected chi connectivity index (χ3v) is 3.40. The number of anilines is 1. The van der Waals surface area contributed by atoms with Gasteiger partial charge < -0.3 is 20.3 Å². The fourth-order valence-corrected chi connectivity index (χ4v) is 2.37. The van der Waals surface area contributed by atoms with Gasteiger partial charge in [0.1, 0.15) is 18.5 Å². The standard InChI is InChI=1S/C12H14FN5O4/c1-5(20)17-10-8-11(15-3-14-10)18(4-16-8)12-7(13)9(21)6(2-19)22-12/h3-4,6-7,9,12,19,21H,2H2,1H3,(H,14,15,17,20)/t6-,7+,9?,12-/m1/s1. The van der Waals surface area contributed by atoms with Gasteiger partial charge in [-0.1, -0.05) is 0 Å². The minimum absolute atomic E-state index is 0.198. The highest BCUT2D eigenvalue weighted by molar-refractivity contribution is 5.95. The fraction of sp³-hybridized carbons (Fsp3) is 0.500. The number of alkyl halides is 1. The van der Waals surface area contributed by atoms with Gasteiger partial charge in [-0.25, -0.2) is 19.3 Å². The largest absolute Gasteiger partial charge is 0.394 e. The first-order chi connectivity index (χ1) is 10.5. The van der Waals surface area contributed by atoms with E-state index >= 15 is 0 Å². The van der Waals surface area contributed by atoms with Crippen LogP contribution in [0.25, 0.3) is 11.2 Å². The number of hydrogen-bond donors (Lipinski definition) is 3. The van der Waals surface area contributed by atoms with Crippen LogP contribution < -0.4 is 5.32 Å². The van der Waals surface area contributed by atoms with E-state index in [1.165, 1.54) is 24.1 Å². The van der Waals surface area contributed by atoms with Crippen molar-refractivity contribution in [3.8, 4) is 0 Å². The first-order valence-electron chi connectivity index (χ1n) is 6.56. The van der Waals surface area contributed by atoms with E-state index in [1.807, 2.05) is 0 Å². The maximum absolute atomic E-state index is 14.2. The van der Waals surface area contributed by atoms with Gasteiger partial charge in [0.25, 0.3) is 0 Å². The van der Waals surface area contributed by atoms with E-state index in [2.05, 4.69) is 20.3 Å². The molecule has 0 aliphatic carbocycles. The van der Waals surface area contributed by atoms with E-state index in [4.69, 9.17) is 9.84 Å². The van der Waals surface area contributed by atoms with Crippen LogP contribution in [0.5, 0.6) is 0 Å². The zero-order valence-corrected chi connectivity index (χ0v) is 11.5. The van der Waals surface area contributed by atoms with Crippen molar-refractivity contribution < 1.29 is 24.1 Å². The molecule has 1 aliphatic heterocycles. The quantitative estimate of drug-likeness (QED) is 0.690. The number of halogens is 1. The molecule has 3 rings (SSSR count). The number of imidazole rings is 1. The summed E-state index contributed by atoms with van der Waals surface area (Å²) >= 11 is 0. The molecule has 0 spiro atoms. The SMILES string of the molecule is CC(=O)Nc1ncnc2c1ncn2[C@@H]1O[C@H](CO)C(O)[C@@H]1F. The van der Waals surface area contributed by atoms with Crippen molar-refractivity contribution in [2.24, 2.45) is 0 Å². The summed E-state index contributed by atoms with van der Waals surface area (Å²) in [4.78, 5) is 23.1. The van der Waals surface area contributed by atoms with E-state index in [0.29, 0.717) is 0 Å². The molecule has 3 heterocycles. The molecule has 1 unspecified atom stereocenters. The summed E-state index contributed by atoms with van der Waals surface area (Å²) in [5.74, 6) is -0.130. The Morgan fingerprint density at radius 1 is 1.50 bits per heavy atom. The van der Waals surface area contributed by atoms with Crippen LogP contribution >= 0.6 is 0 Å². The van der Waals surface area contributed by atoms with Gasteiger partial charge in [-0.2, -0.15) is 0 Å². The number of aliphatic hydroxyl groups excluding tert-OH is 2. The minimum Gasteiger partial charge on any atom is -0.394 e. The Balaban J connectivity index is 2.01. The maximum atomic E-state index is 14.2. The zero-order valence-electron chi connectivity index (χ0n) is 11.5. The molecule has 1 saturated heterocycles. The number of ether oxygens (including phenoxy) is 1. The van der Waals surface area contributed by atoms with Crippen LogP contribution in [-0.2, 0) is 9.53 Å². The van der Waals surface area contributed by atoms with Crippen molar-refractivity contribution in [1.82, 2.24) is 19.5 Å². The molecular weight excluding hydrogens is 297 g/mol. The van der Waals surface area contributed by atoms with Crippen molar-refractivity contribution in [2.75, 3.05) is 11.9 Å². The Labute approximate surface area is 123 Å². The molecule has 118 valence electrons. The number of carbonyl (C=O) groups excluding carboxylic acids is 1. The summed E-state index contributed by atoms with van der Waals surface area (Å²) in [6, 6.07) is 0. The third kappa shape index (κ3) is 2.30. The first kappa shape index (κ1) is 14.8. The summed E-state index contributed by atoms with van der Waals surface area (Å²) in [5, 5.41) is 21.3. The molecular formula is C12H14FN5O4. The summed E-state index contributed by atoms with van der Waals surface area (Å²) in [6.45, 7) is 0.821. The number of nitrogens with one attached hydrogen (secondary N) is 1. The zero-order chi connectivity index (χ0) is 15.9. The van der Waals surface area contributed by atoms with E-state index < -0.39 is 31.2 Å². The number of nitrogens with zero attached hydrogens (tertiary/aromatic N) is 4. The predicted molar refractivity (Wildman–Crippen MR) is 71.5 cm³/mol. The second kappa shape index (κ2) is 5.55. The van der Waals surface area contributed by atoms with E-state index in [0.717, 1.165) is 0 Å². The van der Waals surface area contributed by atoms with E-state index in [-0.39, 0.29) is 22.9 Å². The van der Waals surface area contributed by atoms with Crippen molar-refractivity contribution in [2.45, 2.75) is 31.5 Å². The van der Waals surface area contributed by atoms with Crippen LogP contribution in [0.4, 0.5) is 10.2 Å². The van der Waals surface area contributed by atoms with Crippen molar-refractivity contribution in [3.05, 3.63) is 12.7 Å². The molecule has 2 aromatic heterocycles. The second-order valence-electron chi connectivity index (χ2n) is 4.91. The number of aromatic nitrogens is 4. The van der Waals surface area contributed by atoms with E-state index in [9.17, 15) is 14.3 Å². The monoisotopic (exact) mass is 311 g/mol. The van der Waals surface area contributed by atoms with Gasteiger partial charge in [-0.05, 0) is 0 Å². The Kier molecular flexibility index (Phi) is 3.72. The molecule has 0 aromatic carbocycles. The topological polar surface area (TPSA) is 122 Å². The highest BCUT2D eigenvalue weighted by atomic mass is 19.1. The molecule has 0 radical (unpaired) electrons. The first-order valence-corrected chi connectivity index (χ1v) is 6.56. The highest BCUT2D eigenvalue weighted by Crippen LogP contribution is 2.33. The van der Waals surface area contributed by atoms with Gasteiger partial charge in [-0.15, -0.1) is 0 Å². The number of fused-ring (bicyclic) bond motifs is 1. The van der Waals surface area contributed by atoms with Gasteiger partial charge >= 0.3 is 0 Å². The van der Waals surface area contributed by atoms with Crippen LogP contribution in [0.15, 0.2) is 12.7 Å². The number of aliphatic hydroxyl groups is 2. The lowest BCUT2D eigenvalue weighted by atomic mass is 10.1. The molecule has 0 saturated carbocycles. The molecule has 10 heteroatoms. The van der Waals surface area contributed by atoms with Gasteiger partial charge in [-0.3, -0.25) is 9.36 Å². The summed E-state index contributed by atoms with van der Waals surface area (Å²) in [6.07, 6.45) is -2.88. The van der Waals surface area contributed by atoms with Crippen molar-refractivity contribution in [1.29, 1.82) is 0 Å². The average molecular weight is 311 g/mol. The molecule has 0 bridgehead atoms. The lowest BCUT2D eigenvalue weighted by Gasteiger charge is -2.15. The summed E-state index contributed by atoms with van der Waals surface area (Å²) in [5.41, 5.74) is 0.521. The van der Waals surface area contributed by atoms with Crippen LogP contribution in [0, 0.1) is 0 Å². The maximum Gasteiger partial charge on any atom is 0.222 e. The highest BCUT2D eigenvalue weighted by Gasteiger charge is 2.45. The molecule has 1 amide bonds. The van der Waals surface area contributed by atoms with Crippen LogP contribution in [0.2, 0.25) is 0 Å². The predicted octanol–water partition coefficient (Wildman–Crippen LogP) is -0.627. The smallest absolute Gasteiger partial charge is 0.222 e. The molecule has 1 aliphatic rings. The van der Waals surface area contributed by atoms with Gasteiger partial charge in [0, 0.05) is 6.92 Å². The molecule has 1 fully saturated rings. The summed E-state index contributed by atoms with van der Waals surface area (Å²) < 4.78 is 20.8. The van der Waals surface area contributed by atoms with Gasteiger partial charge in [0.15, 0.2) is 29.4 Å². The Morgan fingerprint density at radius 3 is 2.91 bits per heavy atom. The second-order valence-corrected chi connectivity index (χ2v) is 4.91. The number of rotatable bonds is 3. The molecule has 9 nitrogen and oxygen atoms in total. The fourth-order valence-electron chi connectivity index (χ4n) is 2.37. The molecule has 2 aromatic rings. The molecule has 3 N–H and O–H groups in total. The Bertz CT molecular complexity index is 708. The Morgan fingerprint density at radius 2 is 2.27 bits per heavy atom. The van der Waals surface area contributed by atoms with E-state index in [1.54, 1.807) is 0 Å².